The largest absolute Gasteiger partial charge is 0.497 e. The molecule has 1 unspecified atom stereocenters. The first-order valence-corrected chi connectivity index (χ1v) is 9.32. The van der Waals surface area contributed by atoms with E-state index in [1.54, 1.807) is 25.6 Å². The molecule has 0 bridgehead atoms. The van der Waals surface area contributed by atoms with E-state index >= 15 is 0 Å². The van der Waals surface area contributed by atoms with E-state index in [9.17, 15) is 4.79 Å². The monoisotopic (exact) mass is 357 g/mol. The zero-order chi connectivity index (χ0) is 18.0. The number of ether oxygens (including phenoxy) is 1. The lowest BCUT2D eigenvalue weighted by Gasteiger charge is -2.46. The van der Waals surface area contributed by atoms with Gasteiger partial charge in [-0.3, -0.25) is 4.79 Å². The highest BCUT2D eigenvalue weighted by Gasteiger charge is 2.39. The van der Waals surface area contributed by atoms with Crippen LogP contribution in [0.4, 0.5) is 5.69 Å². The first-order valence-electron chi connectivity index (χ1n) is 8.33. The van der Waals surface area contributed by atoms with Crippen molar-refractivity contribution in [2.75, 3.05) is 17.8 Å². The highest BCUT2D eigenvalue weighted by atomic mass is 32.2. The number of carbonyl (C=O) groups is 1. The number of methoxy groups -OCH3 is 1. The average Bonchev–Trinajstić information content (AvgIpc) is 2.60. The minimum Gasteiger partial charge on any atom is -0.497 e. The highest BCUT2D eigenvalue weighted by molar-refractivity contribution is 7.99. The van der Waals surface area contributed by atoms with Crippen LogP contribution >= 0.6 is 11.8 Å². The molecule has 5 nitrogen and oxygen atoms in total. The molecule has 0 N–H and O–H groups in total. The minimum absolute atomic E-state index is 0.0702. The first kappa shape index (κ1) is 17.7. The van der Waals surface area contributed by atoms with Gasteiger partial charge in [0.2, 0.25) is 5.91 Å². The number of rotatable bonds is 4. The Kier molecular flexibility index (Phi) is 4.99. The molecule has 132 valence electrons. The van der Waals surface area contributed by atoms with E-state index in [0.717, 1.165) is 23.4 Å². The maximum Gasteiger partial charge on any atom is 0.237 e. The van der Waals surface area contributed by atoms with Crippen molar-refractivity contribution in [2.24, 2.45) is 0 Å². The molecule has 2 heterocycles. The molecular formula is C19H23N3O2S. The van der Waals surface area contributed by atoms with E-state index in [0.29, 0.717) is 16.8 Å². The van der Waals surface area contributed by atoms with Crippen molar-refractivity contribution in [1.82, 2.24) is 9.97 Å². The molecule has 1 amide bonds. The molecule has 1 aliphatic heterocycles. The van der Waals surface area contributed by atoms with Crippen LogP contribution in [0.1, 0.15) is 38.7 Å². The second kappa shape index (κ2) is 7.04. The van der Waals surface area contributed by atoms with Gasteiger partial charge in [0.05, 0.1) is 12.9 Å². The number of fused-ring (bicyclic) bond motifs is 1. The van der Waals surface area contributed by atoms with Crippen molar-refractivity contribution >= 4 is 23.4 Å². The van der Waals surface area contributed by atoms with Gasteiger partial charge in [0.1, 0.15) is 5.75 Å². The summed E-state index contributed by atoms with van der Waals surface area (Å²) in [7, 11) is 1.67. The van der Waals surface area contributed by atoms with Crippen LogP contribution in [0.5, 0.6) is 5.75 Å². The molecule has 1 aliphatic rings. The number of aromatic nitrogens is 2. The maximum absolute atomic E-state index is 13.0. The Balaban J connectivity index is 1.88. The number of carbonyl (C=O) groups excluding carboxylic acids is 1. The lowest BCUT2D eigenvalue weighted by Crippen LogP contribution is -2.52. The molecule has 1 atom stereocenters. The topological polar surface area (TPSA) is 55.3 Å². The van der Waals surface area contributed by atoms with E-state index in [4.69, 9.17) is 4.74 Å². The van der Waals surface area contributed by atoms with Crippen LogP contribution in [0.2, 0.25) is 0 Å². The third-order valence-electron chi connectivity index (χ3n) is 4.53. The van der Waals surface area contributed by atoms with E-state index in [2.05, 4.69) is 30.7 Å². The quantitative estimate of drug-likeness (QED) is 0.614. The number of benzene rings is 1. The fourth-order valence-electron chi connectivity index (χ4n) is 3.56. The number of nitrogens with zero attached hydrogens (tertiary/aromatic N) is 3. The van der Waals surface area contributed by atoms with E-state index in [1.807, 2.05) is 23.1 Å². The minimum atomic E-state index is -0.240. The second-order valence-electron chi connectivity index (χ2n) is 6.89. The Labute approximate surface area is 152 Å². The van der Waals surface area contributed by atoms with Gasteiger partial charge in [-0.15, -0.1) is 0 Å². The van der Waals surface area contributed by atoms with Crippen molar-refractivity contribution in [1.29, 1.82) is 0 Å². The number of hydrogen-bond donors (Lipinski definition) is 0. The molecule has 1 aromatic carbocycles. The predicted molar refractivity (Wildman–Crippen MR) is 100 cm³/mol. The van der Waals surface area contributed by atoms with Crippen LogP contribution in [0.15, 0.2) is 41.8 Å². The summed E-state index contributed by atoms with van der Waals surface area (Å²) in [5.74, 6) is 1.58. The number of anilines is 1. The molecule has 0 fully saturated rings. The Morgan fingerprint density at radius 2 is 2.08 bits per heavy atom. The number of amides is 1. The normalized spacial score (nSPS) is 18.6. The predicted octanol–water partition coefficient (Wildman–Crippen LogP) is 3.90. The smallest absolute Gasteiger partial charge is 0.237 e. The van der Waals surface area contributed by atoms with Crippen LogP contribution in [0, 0.1) is 0 Å². The van der Waals surface area contributed by atoms with Crippen molar-refractivity contribution in [3.8, 4) is 5.75 Å². The van der Waals surface area contributed by atoms with Crippen LogP contribution in [0.25, 0.3) is 0 Å². The Bertz CT molecular complexity index is 765. The summed E-state index contributed by atoms with van der Waals surface area (Å²) in [4.78, 5) is 23.3. The molecule has 3 rings (SSSR count). The highest BCUT2D eigenvalue weighted by Crippen LogP contribution is 2.44. The van der Waals surface area contributed by atoms with E-state index in [-0.39, 0.29) is 11.4 Å². The molecule has 0 aliphatic carbocycles. The second-order valence-corrected chi connectivity index (χ2v) is 7.83. The Morgan fingerprint density at radius 1 is 1.36 bits per heavy atom. The fourth-order valence-corrected chi connectivity index (χ4v) is 4.21. The molecule has 1 aromatic heterocycles. The SMILES string of the molecule is COc1ccc2c(c1)C(C)CC(C)(C)N2C(=O)CSc1ncccn1. The van der Waals surface area contributed by atoms with Gasteiger partial charge >= 0.3 is 0 Å². The van der Waals surface area contributed by atoms with Crippen molar-refractivity contribution in [3.63, 3.8) is 0 Å². The molecule has 0 radical (unpaired) electrons. The molecule has 0 saturated heterocycles. The lowest BCUT2D eigenvalue weighted by molar-refractivity contribution is -0.117. The molecule has 6 heteroatoms. The van der Waals surface area contributed by atoms with Crippen LogP contribution in [-0.2, 0) is 4.79 Å². The van der Waals surface area contributed by atoms with Gasteiger partial charge in [-0.1, -0.05) is 18.7 Å². The standard InChI is InChI=1S/C19H23N3O2S/c1-13-11-19(2,3)22(16-7-6-14(24-4)10-15(13)16)17(23)12-25-18-20-8-5-9-21-18/h5-10,13H,11-12H2,1-4H3. The third-order valence-corrected chi connectivity index (χ3v) is 5.39. The Hall–Kier alpha value is -2.08. The molecular weight excluding hydrogens is 334 g/mol. The summed E-state index contributed by atoms with van der Waals surface area (Å²) in [5.41, 5.74) is 1.90. The van der Waals surface area contributed by atoms with Gasteiger partial charge in [0.15, 0.2) is 5.16 Å². The average molecular weight is 357 g/mol. The van der Waals surface area contributed by atoms with Gasteiger partial charge in [0, 0.05) is 23.6 Å². The van der Waals surface area contributed by atoms with Crippen LogP contribution in [-0.4, -0.2) is 34.3 Å². The zero-order valence-corrected chi connectivity index (χ0v) is 15.8. The first-order chi connectivity index (χ1) is 11.9. The van der Waals surface area contributed by atoms with Crippen LogP contribution in [0.3, 0.4) is 0 Å². The van der Waals surface area contributed by atoms with Gasteiger partial charge in [-0.25, -0.2) is 9.97 Å². The Morgan fingerprint density at radius 3 is 2.76 bits per heavy atom. The summed E-state index contributed by atoms with van der Waals surface area (Å²) in [5, 5.41) is 0.619. The summed E-state index contributed by atoms with van der Waals surface area (Å²) in [6, 6.07) is 7.72. The summed E-state index contributed by atoms with van der Waals surface area (Å²) < 4.78 is 5.36. The molecule has 25 heavy (non-hydrogen) atoms. The summed E-state index contributed by atoms with van der Waals surface area (Å²) in [6.07, 6.45) is 4.28. The fraction of sp³-hybridized carbons (Fsp3) is 0.421. The van der Waals surface area contributed by atoms with Gasteiger partial charge in [-0.2, -0.15) is 0 Å². The molecule has 2 aromatic rings. The van der Waals surface area contributed by atoms with Crippen molar-refractivity contribution in [3.05, 3.63) is 42.2 Å². The lowest BCUT2D eigenvalue weighted by atomic mass is 9.80. The number of thioether (sulfide) groups is 1. The van der Waals surface area contributed by atoms with Gasteiger partial charge in [-0.05, 0) is 56.0 Å². The number of hydrogen-bond acceptors (Lipinski definition) is 5. The van der Waals surface area contributed by atoms with Crippen molar-refractivity contribution < 1.29 is 9.53 Å². The summed E-state index contributed by atoms with van der Waals surface area (Å²) >= 11 is 1.37. The van der Waals surface area contributed by atoms with Gasteiger partial charge < -0.3 is 9.64 Å². The molecule has 0 spiro atoms. The van der Waals surface area contributed by atoms with Gasteiger partial charge in [0.25, 0.3) is 0 Å². The van der Waals surface area contributed by atoms with Crippen molar-refractivity contribution in [2.45, 2.75) is 43.8 Å². The van der Waals surface area contributed by atoms with E-state index < -0.39 is 0 Å². The van der Waals surface area contributed by atoms with E-state index in [1.165, 1.54) is 11.8 Å². The summed E-state index contributed by atoms with van der Waals surface area (Å²) in [6.45, 7) is 6.45. The van der Waals surface area contributed by atoms with Crippen LogP contribution < -0.4 is 9.64 Å². The molecule has 0 saturated carbocycles. The zero-order valence-electron chi connectivity index (χ0n) is 15.0. The third kappa shape index (κ3) is 3.63. The maximum atomic E-state index is 13.0.